The predicted octanol–water partition coefficient (Wildman–Crippen LogP) is 5.69. The summed E-state index contributed by atoms with van der Waals surface area (Å²) < 4.78 is 39.4. The number of rotatable bonds is 3. The molecule has 0 aliphatic heterocycles. The summed E-state index contributed by atoms with van der Waals surface area (Å²) in [7, 11) is 0. The van der Waals surface area contributed by atoms with Gasteiger partial charge < -0.3 is 0 Å². The summed E-state index contributed by atoms with van der Waals surface area (Å²) in [6.07, 6.45) is -4.36. The highest BCUT2D eigenvalue weighted by Crippen LogP contribution is 2.37. The Morgan fingerprint density at radius 1 is 0.950 bits per heavy atom. The Hall–Kier alpha value is -1.68. The van der Waals surface area contributed by atoms with Crippen LogP contribution in [0.2, 0.25) is 0 Å². The molecule has 0 atom stereocenters. The first-order valence-electron chi connectivity index (χ1n) is 6.03. The molecule has 0 N–H and O–H groups in total. The monoisotopic (exact) mass is 294 g/mol. The first-order chi connectivity index (χ1) is 9.47. The fourth-order valence-corrected chi connectivity index (χ4v) is 2.50. The summed E-state index contributed by atoms with van der Waals surface area (Å²) in [5.74, 6) is 0. The number of thioether (sulfide) groups is 1. The van der Waals surface area contributed by atoms with Crippen molar-refractivity contribution in [1.82, 2.24) is 0 Å². The third-order valence-corrected chi connectivity index (χ3v) is 3.62. The molecule has 2 rings (SSSR count). The quantitative estimate of drug-likeness (QED) is 0.655. The molecule has 0 saturated heterocycles. The zero-order valence-electron chi connectivity index (χ0n) is 10.8. The van der Waals surface area contributed by atoms with Gasteiger partial charge >= 0.3 is 6.18 Å². The van der Waals surface area contributed by atoms with Crippen molar-refractivity contribution in [2.24, 2.45) is 0 Å². The van der Waals surface area contributed by atoms with Crippen molar-refractivity contribution in [3.8, 4) is 0 Å². The first-order valence-corrected chi connectivity index (χ1v) is 6.91. The summed E-state index contributed by atoms with van der Waals surface area (Å²) in [5, 5.41) is 1.17. The number of hydrogen-bond acceptors (Lipinski definition) is 1. The molecule has 0 aliphatic carbocycles. The van der Waals surface area contributed by atoms with Crippen LogP contribution < -0.4 is 0 Å². The van der Waals surface area contributed by atoms with Crippen molar-refractivity contribution in [3.63, 3.8) is 0 Å². The zero-order chi connectivity index (χ0) is 14.6. The van der Waals surface area contributed by atoms with E-state index in [4.69, 9.17) is 0 Å². The van der Waals surface area contributed by atoms with Crippen LogP contribution in [-0.2, 0) is 0 Å². The molecule has 0 radical (unpaired) electrons. The number of benzene rings is 2. The van der Waals surface area contributed by atoms with Crippen LogP contribution in [0.15, 0.2) is 64.9 Å². The normalized spacial score (nSPS) is 12.5. The van der Waals surface area contributed by atoms with Gasteiger partial charge in [0.1, 0.15) is 0 Å². The van der Waals surface area contributed by atoms with Gasteiger partial charge in [0.05, 0.1) is 5.57 Å². The van der Waals surface area contributed by atoms with Crippen molar-refractivity contribution in [1.29, 1.82) is 0 Å². The van der Waals surface area contributed by atoms with Crippen LogP contribution in [0.5, 0.6) is 0 Å². The topological polar surface area (TPSA) is 0 Å². The van der Waals surface area contributed by atoms with E-state index in [-0.39, 0.29) is 5.56 Å². The van der Waals surface area contributed by atoms with Crippen molar-refractivity contribution in [2.45, 2.75) is 18.0 Å². The van der Waals surface area contributed by atoms with E-state index in [1.165, 1.54) is 17.5 Å². The molecule has 104 valence electrons. The van der Waals surface area contributed by atoms with Gasteiger partial charge in [0.15, 0.2) is 0 Å². The Balaban J connectivity index is 2.31. The molecule has 0 spiro atoms. The van der Waals surface area contributed by atoms with Crippen LogP contribution in [0.25, 0.3) is 5.57 Å². The maximum atomic E-state index is 13.1. The fraction of sp³-hybridized carbons (Fsp3) is 0.125. The average molecular weight is 294 g/mol. The molecule has 0 bridgehead atoms. The van der Waals surface area contributed by atoms with Gasteiger partial charge in [-0.15, -0.1) is 0 Å². The molecule has 0 amide bonds. The molecule has 2 aromatic rings. The van der Waals surface area contributed by atoms with Gasteiger partial charge in [0.25, 0.3) is 0 Å². The second-order valence-corrected chi connectivity index (χ2v) is 5.27. The maximum Gasteiger partial charge on any atom is 0.417 e. The second kappa shape index (κ2) is 6.18. The smallest absolute Gasteiger partial charge is 0.166 e. The van der Waals surface area contributed by atoms with E-state index >= 15 is 0 Å². The maximum absolute atomic E-state index is 13.1. The average Bonchev–Trinajstić information content (AvgIpc) is 2.41. The Kier molecular flexibility index (Phi) is 4.55. The van der Waals surface area contributed by atoms with Gasteiger partial charge in [-0.3, -0.25) is 0 Å². The van der Waals surface area contributed by atoms with E-state index in [1.807, 2.05) is 13.0 Å². The lowest BCUT2D eigenvalue weighted by atomic mass is 10.1. The Morgan fingerprint density at radius 3 is 2.10 bits per heavy atom. The van der Waals surface area contributed by atoms with Gasteiger partial charge in [-0.25, -0.2) is 0 Å². The van der Waals surface area contributed by atoms with Crippen LogP contribution in [-0.4, -0.2) is 6.18 Å². The summed E-state index contributed by atoms with van der Waals surface area (Å²) in [6, 6.07) is 15.4. The lowest BCUT2D eigenvalue weighted by Gasteiger charge is -2.12. The molecule has 4 heteroatoms. The highest BCUT2D eigenvalue weighted by atomic mass is 32.2. The summed E-state index contributed by atoms with van der Waals surface area (Å²) in [4.78, 5) is 0.779. The third kappa shape index (κ3) is 3.90. The van der Waals surface area contributed by atoms with Gasteiger partial charge in [-0.2, -0.15) is 13.2 Å². The van der Waals surface area contributed by atoms with Crippen molar-refractivity contribution < 1.29 is 13.2 Å². The highest BCUT2D eigenvalue weighted by Gasteiger charge is 2.34. The fourth-order valence-electron chi connectivity index (χ4n) is 1.66. The van der Waals surface area contributed by atoms with Gasteiger partial charge in [0, 0.05) is 4.90 Å². The van der Waals surface area contributed by atoms with Crippen molar-refractivity contribution in [2.75, 3.05) is 0 Å². The minimum atomic E-state index is -4.36. The van der Waals surface area contributed by atoms with Crippen LogP contribution >= 0.6 is 11.8 Å². The van der Waals surface area contributed by atoms with Crippen LogP contribution in [0.3, 0.4) is 0 Å². The van der Waals surface area contributed by atoms with Gasteiger partial charge in [-0.1, -0.05) is 59.8 Å². The summed E-state index contributed by atoms with van der Waals surface area (Å²) in [6.45, 7) is 1.85. The molecule has 0 heterocycles. The number of halogens is 3. The highest BCUT2D eigenvalue weighted by molar-refractivity contribution is 8.02. The van der Waals surface area contributed by atoms with E-state index in [0.717, 1.165) is 22.2 Å². The minimum absolute atomic E-state index is 0.187. The third-order valence-electron chi connectivity index (χ3n) is 2.72. The molecule has 0 aliphatic rings. The number of hydrogen-bond donors (Lipinski definition) is 0. The van der Waals surface area contributed by atoms with E-state index < -0.39 is 11.7 Å². The van der Waals surface area contributed by atoms with Gasteiger partial charge in [-0.05, 0) is 30.0 Å². The van der Waals surface area contributed by atoms with Crippen molar-refractivity contribution in [3.05, 3.63) is 71.1 Å². The van der Waals surface area contributed by atoms with Crippen LogP contribution in [0.4, 0.5) is 13.2 Å². The SMILES string of the molecule is Cc1ccc(/C(=C\Sc2ccccc2)C(F)(F)F)cc1. The van der Waals surface area contributed by atoms with Crippen LogP contribution in [0, 0.1) is 6.92 Å². The minimum Gasteiger partial charge on any atom is -0.166 e. The molecule has 0 unspecified atom stereocenters. The molecule has 2 aromatic carbocycles. The van der Waals surface area contributed by atoms with E-state index in [0.29, 0.717) is 0 Å². The van der Waals surface area contributed by atoms with Crippen LogP contribution in [0.1, 0.15) is 11.1 Å². The lowest BCUT2D eigenvalue weighted by molar-refractivity contribution is -0.0687. The lowest BCUT2D eigenvalue weighted by Crippen LogP contribution is -2.10. The summed E-state index contributed by atoms with van der Waals surface area (Å²) in [5.41, 5.74) is 0.504. The molecular weight excluding hydrogens is 281 g/mol. The largest absolute Gasteiger partial charge is 0.417 e. The number of aryl methyl sites for hydroxylation is 1. The molecule has 0 saturated carbocycles. The Morgan fingerprint density at radius 2 is 1.55 bits per heavy atom. The first kappa shape index (κ1) is 14.7. The predicted molar refractivity (Wildman–Crippen MR) is 77.5 cm³/mol. The van der Waals surface area contributed by atoms with E-state index in [1.54, 1.807) is 36.4 Å². The molecule has 0 fully saturated rings. The zero-order valence-corrected chi connectivity index (χ0v) is 11.6. The second-order valence-electron chi connectivity index (χ2n) is 4.33. The number of allylic oxidation sites excluding steroid dienone is 1. The van der Waals surface area contributed by atoms with Crippen molar-refractivity contribution >= 4 is 17.3 Å². The Labute approximate surface area is 120 Å². The Bertz CT molecular complexity index is 583. The number of alkyl halides is 3. The van der Waals surface area contributed by atoms with Gasteiger partial charge in [0.2, 0.25) is 0 Å². The van der Waals surface area contributed by atoms with E-state index in [9.17, 15) is 13.2 Å². The molecule has 0 aromatic heterocycles. The molecule has 0 nitrogen and oxygen atoms in total. The summed E-state index contributed by atoms with van der Waals surface area (Å²) >= 11 is 1.07. The molecular formula is C16H13F3S. The molecule has 20 heavy (non-hydrogen) atoms. The van der Waals surface area contributed by atoms with E-state index in [2.05, 4.69) is 0 Å². The standard InChI is InChI=1S/C16H13F3S/c1-12-7-9-13(10-8-12)15(16(17,18)19)11-20-14-5-3-2-4-6-14/h2-11H,1H3/b15-11+.